The molecule has 4 nitrogen and oxygen atoms in total. The van der Waals surface area contributed by atoms with Gasteiger partial charge in [-0.2, -0.15) is 10.5 Å². The highest BCUT2D eigenvalue weighted by Crippen LogP contribution is 1.88. The monoisotopic (exact) mass is 124 g/mol. The normalized spacial score (nSPS) is 15.1. The molecule has 0 spiro atoms. The second-order valence-electron chi connectivity index (χ2n) is 1.71. The van der Waals surface area contributed by atoms with E-state index in [9.17, 15) is 0 Å². The first-order chi connectivity index (χ1) is 4.20. The Bertz CT molecular complexity index is 133. The van der Waals surface area contributed by atoms with Gasteiger partial charge in [0.1, 0.15) is 0 Å². The van der Waals surface area contributed by atoms with Crippen LogP contribution in [-0.4, -0.2) is 12.1 Å². The van der Waals surface area contributed by atoms with Gasteiger partial charge < -0.3 is 11.5 Å². The van der Waals surface area contributed by atoms with E-state index in [4.69, 9.17) is 22.0 Å². The summed E-state index contributed by atoms with van der Waals surface area (Å²) in [6, 6.07) is 2.33. The number of nitrogens with zero attached hydrogens (tertiary/aromatic N) is 2. The summed E-state index contributed by atoms with van der Waals surface area (Å²) in [4.78, 5) is 0. The van der Waals surface area contributed by atoms with Crippen LogP contribution in [0.4, 0.5) is 0 Å². The van der Waals surface area contributed by atoms with Crippen molar-refractivity contribution in [2.45, 2.75) is 18.5 Å². The van der Waals surface area contributed by atoms with Gasteiger partial charge >= 0.3 is 0 Å². The average molecular weight is 124 g/mol. The van der Waals surface area contributed by atoms with Crippen LogP contribution < -0.4 is 11.5 Å². The van der Waals surface area contributed by atoms with E-state index in [1.54, 1.807) is 12.1 Å². The number of hydrogen-bond donors (Lipinski definition) is 2. The van der Waals surface area contributed by atoms with Crippen LogP contribution in [0.25, 0.3) is 0 Å². The van der Waals surface area contributed by atoms with E-state index in [1.165, 1.54) is 0 Å². The molecule has 0 saturated carbocycles. The molecule has 0 amide bonds. The molecule has 0 bridgehead atoms. The van der Waals surface area contributed by atoms with Gasteiger partial charge in [0.2, 0.25) is 0 Å². The third kappa shape index (κ3) is 3.48. The highest BCUT2D eigenvalue weighted by Gasteiger charge is 2.05. The summed E-state index contributed by atoms with van der Waals surface area (Å²) in [5.41, 5.74) is 10.3. The minimum absolute atomic E-state index is 0.243. The number of nitriles is 2. The summed E-state index contributed by atoms with van der Waals surface area (Å²) in [5.74, 6) is 0. The Morgan fingerprint density at radius 2 is 1.44 bits per heavy atom. The second kappa shape index (κ2) is 3.85. The van der Waals surface area contributed by atoms with Crippen molar-refractivity contribution < 1.29 is 0 Å². The number of hydrogen-bond acceptors (Lipinski definition) is 4. The van der Waals surface area contributed by atoms with Crippen LogP contribution in [0, 0.1) is 22.7 Å². The summed E-state index contributed by atoms with van der Waals surface area (Å²) in [6.45, 7) is 0. The van der Waals surface area contributed by atoms with Crippen LogP contribution in [0.3, 0.4) is 0 Å². The summed E-state index contributed by atoms with van der Waals surface area (Å²) in [7, 11) is 0. The predicted octanol–water partition coefficient (Wildman–Crippen LogP) is -0.922. The highest BCUT2D eigenvalue weighted by atomic mass is 14.7. The molecule has 2 atom stereocenters. The van der Waals surface area contributed by atoms with Crippen LogP contribution in [-0.2, 0) is 0 Å². The molecule has 4 heteroatoms. The maximum atomic E-state index is 8.14. The van der Waals surface area contributed by atoms with Crippen molar-refractivity contribution in [2.24, 2.45) is 11.5 Å². The van der Waals surface area contributed by atoms with E-state index in [-0.39, 0.29) is 6.42 Å². The zero-order valence-corrected chi connectivity index (χ0v) is 4.91. The zero-order chi connectivity index (χ0) is 7.28. The average Bonchev–Trinajstić information content (AvgIpc) is 1.87. The van der Waals surface area contributed by atoms with Crippen LogP contribution in [0.2, 0.25) is 0 Å². The third-order valence-corrected chi connectivity index (χ3v) is 0.840. The maximum Gasteiger partial charge on any atom is 0.0953 e. The van der Waals surface area contributed by atoms with Gasteiger partial charge in [0.15, 0.2) is 0 Å². The molecule has 0 heterocycles. The van der Waals surface area contributed by atoms with Crippen LogP contribution in [0.15, 0.2) is 0 Å². The third-order valence-electron chi connectivity index (χ3n) is 0.840. The van der Waals surface area contributed by atoms with E-state index in [0.29, 0.717) is 0 Å². The largest absolute Gasteiger partial charge is 0.316 e. The minimum Gasteiger partial charge on any atom is -0.316 e. The first kappa shape index (κ1) is 7.90. The van der Waals surface area contributed by atoms with Crippen LogP contribution in [0.1, 0.15) is 6.42 Å². The lowest BCUT2D eigenvalue weighted by atomic mass is 10.1. The van der Waals surface area contributed by atoms with Gasteiger partial charge in [-0.25, -0.2) is 0 Å². The summed E-state index contributed by atoms with van der Waals surface area (Å²) < 4.78 is 0. The molecular weight excluding hydrogens is 116 g/mol. The Morgan fingerprint density at radius 1 is 1.11 bits per heavy atom. The highest BCUT2D eigenvalue weighted by molar-refractivity contribution is 4.96. The molecule has 0 saturated heterocycles. The fourth-order valence-corrected chi connectivity index (χ4v) is 0.379. The molecule has 0 radical (unpaired) electrons. The second-order valence-corrected chi connectivity index (χ2v) is 1.71. The molecule has 0 aromatic rings. The standard InChI is InChI=1S/C5H8N4/c6-2-4(8)1-5(9)3-7/h4-5H,1,8-9H2. The predicted molar refractivity (Wildman–Crippen MR) is 31.8 cm³/mol. The zero-order valence-electron chi connectivity index (χ0n) is 4.91. The first-order valence-electron chi connectivity index (χ1n) is 2.51. The Kier molecular flexibility index (Phi) is 3.38. The van der Waals surface area contributed by atoms with Crippen molar-refractivity contribution >= 4 is 0 Å². The smallest absolute Gasteiger partial charge is 0.0953 e. The van der Waals surface area contributed by atoms with Gasteiger partial charge in [-0.05, 0) is 0 Å². The van der Waals surface area contributed by atoms with Gasteiger partial charge in [0.05, 0.1) is 24.2 Å². The van der Waals surface area contributed by atoms with Crippen molar-refractivity contribution in [3.63, 3.8) is 0 Å². The van der Waals surface area contributed by atoms with E-state index >= 15 is 0 Å². The topological polar surface area (TPSA) is 99.6 Å². The lowest BCUT2D eigenvalue weighted by Gasteiger charge is -2.01. The molecule has 4 N–H and O–H groups in total. The molecule has 0 rings (SSSR count). The Balaban J connectivity index is 3.53. The minimum atomic E-state index is -0.611. The molecule has 0 fully saturated rings. The van der Waals surface area contributed by atoms with Gasteiger partial charge in [0.25, 0.3) is 0 Å². The van der Waals surface area contributed by atoms with Gasteiger partial charge in [-0.3, -0.25) is 0 Å². The van der Waals surface area contributed by atoms with Crippen molar-refractivity contribution in [1.29, 1.82) is 10.5 Å². The van der Waals surface area contributed by atoms with Crippen molar-refractivity contribution in [1.82, 2.24) is 0 Å². The first-order valence-corrected chi connectivity index (χ1v) is 2.51. The molecule has 0 aromatic heterocycles. The van der Waals surface area contributed by atoms with E-state index in [0.717, 1.165) is 0 Å². The van der Waals surface area contributed by atoms with E-state index in [1.807, 2.05) is 0 Å². The molecular formula is C5H8N4. The fraction of sp³-hybridized carbons (Fsp3) is 0.600. The quantitative estimate of drug-likeness (QED) is 0.497. The lowest BCUT2D eigenvalue weighted by Crippen LogP contribution is -2.28. The molecule has 2 unspecified atom stereocenters. The van der Waals surface area contributed by atoms with Crippen LogP contribution in [0.5, 0.6) is 0 Å². The molecule has 48 valence electrons. The van der Waals surface area contributed by atoms with Crippen molar-refractivity contribution in [3.8, 4) is 12.1 Å². The molecule has 0 aliphatic rings. The Labute approximate surface area is 53.7 Å². The number of rotatable bonds is 2. The van der Waals surface area contributed by atoms with Crippen LogP contribution >= 0.6 is 0 Å². The summed E-state index contributed by atoms with van der Waals surface area (Å²) in [6.07, 6.45) is 0.243. The number of nitrogens with two attached hydrogens (primary N) is 2. The van der Waals surface area contributed by atoms with Crippen molar-refractivity contribution in [2.75, 3.05) is 0 Å². The van der Waals surface area contributed by atoms with E-state index in [2.05, 4.69) is 0 Å². The van der Waals surface area contributed by atoms with Gasteiger partial charge in [-0.1, -0.05) is 0 Å². The van der Waals surface area contributed by atoms with E-state index < -0.39 is 12.1 Å². The lowest BCUT2D eigenvalue weighted by molar-refractivity contribution is 0.670. The Hall–Kier alpha value is -1.10. The van der Waals surface area contributed by atoms with Crippen molar-refractivity contribution in [3.05, 3.63) is 0 Å². The summed E-state index contributed by atoms with van der Waals surface area (Å²) in [5, 5.41) is 16.3. The molecule has 0 aromatic carbocycles. The van der Waals surface area contributed by atoms with Gasteiger partial charge in [0, 0.05) is 6.42 Å². The maximum absolute atomic E-state index is 8.14. The Morgan fingerprint density at radius 3 is 1.67 bits per heavy atom. The summed E-state index contributed by atoms with van der Waals surface area (Å²) >= 11 is 0. The molecule has 0 aliphatic carbocycles. The van der Waals surface area contributed by atoms with Gasteiger partial charge in [-0.15, -0.1) is 0 Å². The molecule has 9 heavy (non-hydrogen) atoms. The molecule has 0 aliphatic heterocycles. The fourth-order valence-electron chi connectivity index (χ4n) is 0.379. The SMILES string of the molecule is N#CC(N)CC(N)C#N.